The van der Waals surface area contributed by atoms with Crippen LogP contribution in [-0.4, -0.2) is 56.1 Å². The number of rotatable bonds is 5. The Labute approximate surface area is 121 Å². The quantitative estimate of drug-likeness (QED) is 0.890. The van der Waals surface area contributed by atoms with Crippen molar-refractivity contribution < 1.29 is 0 Å². The molecule has 1 fully saturated rings. The van der Waals surface area contributed by atoms with Crippen LogP contribution in [0.1, 0.15) is 11.1 Å². The van der Waals surface area contributed by atoms with Gasteiger partial charge in [0.15, 0.2) is 0 Å². The molecule has 1 aromatic rings. The Morgan fingerprint density at radius 2 is 2.05 bits per heavy atom. The fourth-order valence-corrected chi connectivity index (χ4v) is 2.68. The zero-order valence-electron chi connectivity index (χ0n) is 12.0. The number of likely N-dealkylation sites (N-methyl/N-ethyl adjacent to an activating group) is 1. The Kier molecular flexibility index (Phi) is 5.64. The SMILES string of the molecule is Cc1cc(Cl)ccc1CN(C)CCN1CCNCC1. The first-order valence-corrected chi connectivity index (χ1v) is 7.39. The maximum Gasteiger partial charge on any atom is 0.0408 e. The molecule has 2 rings (SSSR count). The van der Waals surface area contributed by atoms with Gasteiger partial charge in [-0.05, 0) is 37.2 Å². The summed E-state index contributed by atoms with van der Waals surface area (Å²) >= 11 is 5.99. The molecule has 1 aliphatic heterocycles. The van der Waals surface area contributed by atoms with E-state index in [1.54, 1.807) is 0 Å². The molecule has 0 saturated carbocycles. The van der Waals surface area contributed by atoms with Crippen molar-refractivity contribution in [1.29, 1.82) is 0 Å². The predicted octanol–water partition coefficient (Wildman–Crippen LogP) is 1.99. The van der Waals surface area contributed by atoms with Crippen LogP contribution in [0.3, 0.4) is 0 Å². The first-order chi connectivity index (χ1) is 9.15. The number of nitrogens with zero attached hydrogens (tertiary/aromatic N) is 2. The molecule has 0 unspecified atom stereocenters. The molecular formula is C15H24ClN3. The van der Waals surface area contributed by atoms with Crippen molar-refractivity contribution in [1.82, 2.24) is 15.1 Å². The summed E-state index contributed by atoms with van der Waals surface area (Å²) in [5.74, 6) is 0. The van der Waals surface area contributed by atoms with Gasteiger partial charge in [-0.1, -0.05) is 17.7 Å². The van der Waals surface area contributed by atoms with Gasteiger partial charge in [0, 0.05) is 50.8 Å². The van der Waals surface area contributed by atoms with E-state index < -0.39 is 0 Å². The molecule has 106 valence electrons. The summed E-state index contributed by atoms with van der Waals surface area (Å²) in [6, 6.07) is 6.16. The smallest absolute Gasteiger partial charge is 0.0408 e. The first kappa shape index (κ1) is 14.8. The van der Waals surface area contributed by atoms with Crippen molar-refractivity contribution >= 4 is 11.6 Å². The van der Waals surface area contributed by atoms with E-state index in [0.717, 1.165) is 37.7 Å². The van der Waals surface area contributed by atoms with E-state index in [0.29, 0.717) is 0 Å². The van der Waals surface area contributed by atoms with Gasteiger partial charge in [-0.15, -0.1) is 0 Å². The van der Waals surface area contributed by atoms with E-state index in [1.165, 1.54) is 24.2 Å². The standard InChI is InChI=1S/C15H24ClN3/c1-13-11-15(16)4-3-14(13)12-18(2)9-10-19-7-5-17-6-8-19/h3-4,11,17H,5-10,12H2,1-2H3. The number of aryl methyl sites for hydroxylation is 1. The van der Waals surface area contributed by atoms with Gasteiger partial charge in [-0.2, -0.15) is 0 Å². The molecule has 1 heterocycles. The van der Waals surface area contributed by atoms with E-state index in [1.807, 2.05) is 12.1 Å². The van der Waals surface area contributed by atoms with Crippen LogP contribution in [-0.2, 0) is 6.54 Å². The third-order valence-corrected chi connectivity index (χ3v) is 3.99. The van der Waals surface area contributed by atoms with Crippen LogP contribution in [0.15, 0.2) is 18.2 Å². The fourth-order valence-electron chi connectivity index (χ4n) is 2.45. The Bertz CT molecular complexity index is 402. The number of benzene rings is 1. The molecule has 0 radical (unpaired) electrons. The van der Waals surface area contributed by atoms with Gasteiger partial charge in [0.25, 0.3) is 0 Å². The fraction of sp³-hybridized carbons (Fsp3) is 0.600. The average Bonchev–Trinajstić information content (AvgIpc) is 2.41. The van der Waals surface area contributed by atoms with Crippen molar-refractivity contribution in [3.05, 3.63) is 34.3 Å². The molecular weight excluding hydrogens is 258 g/mol. The lowest BCUT2D eigenvalue weighted by atomic mass is 10.1. The second-order valence-corrected chi connectivity index (χ2v) is 5.84. The van der Waals surface area contributed by atoms with Crippen LogP contribution < -0.4 is 5.32 Å². The summed E-state index contributed by atoms with van der Waals surface area (Å²) in [5.41, 5.74) is 2.65. The molecule has 0 atom stereocenters. The predicted molar refractivity (Wildman–Crippen MR) is 81.8 cm³/mol. The van der Waals surface area contributed by atoms with Gasteiger partial charge >= 0.3 is 0 Å². The summed E-state index contributed by atoms with van der Waals surface area (Å²) < 4.78 is 0. The molecule has 0 amide bonds. The topological polar surface area (TPSA) is 18.5 Å². The van der Waals surface area contributed by atoms with Crippen molar-refractivity contribution in [2.24, 2.45) is 0 Å². The number of hydrogen-bond donors (Lipinski definition) is 1. The van der Waals surface area contributed by atoms with Gasteiger partial charge in [-0.3, -0.25) is 4.90 Å². The molecule has 0 aliphatic carbocycles. The van der Waals surface area contributed by atoms with Crippen LogP contribution in [0.4, 0.5) is 0 Å². The van der Waals surface area contributed by atoms with E-state index >= 15 is 0 Å². The minimum Gasteiger partial charge on any atom is -0.314 e. The lowest BCUT2D eigenvalue weighted by Gasteiger charge is -2.29. The third kappa shape index (κ3) is 4.77. The summed E-state index contributed by atoms with van der Waals surface area (Å²) in [7, 11) is 2.19. The maximum absolute atomic E-state index is 5.99. The van der Waals surface area contributed by atoms with Crippen LogP contribution in [0.5, 0.6) is 0 Å². The number of nitrogens with one attached hydrogen (secondary N) is 1. The Morgan fingerprint density at radius 1 is 1.32 bits per heavy atom. The highest BCUT2D eigenvalue weighted by molar-refractivity contribution is 6.30. The number of piperazine rings is 1. The van der Waals surface area contributed by atoms with Crippen molar-refractivity contribution in [3.63, 3.8) is 0 Å². The Hall–Kier alpha value is -0.610. The molecule has 1 N–H and O–H groups in total. The van der Waals surface area contributed by atoms with Crippen molar-refractivity contribution in [2.75, 3.05) is 46.3 Å². The van der Waals surface area contributed by atoms with Crippen LogP contribution in [0.2, 0.25) is 5.02 Å². The monoisotopic (exact) mass is 281 g/mol. The highest BCUT2D eigenvalue weighted by Crippen LogP contribution is 2.16. The highest BCUT2D eigenvalue weighted by atomic mass is 35.5. The molecule has 0 bridgehead atoms. The third-order valence-electron chi connectivity index (χ3n) is 3.75. The average molecular weight is 282 g/mol. The molecule has 0 aromatic heterocycles. The Balaban J connectivity index is 1.78. The van der Waals surface area contributed by atoms with E-state index in [-0.39, 0.29) is 0 Å². The zero-order valence-corrected chi connectivity index (χ0v) is 12.7. The lowest BCUT2D eigenvalue weighted by molar-refractivity contribution is 0.202. The minimum atomic E-state index is 0.824. The zero-order chi connectivity index (χ0) is 13.7. The van der Waals surface area contributed by atoms with E-state index in [2.05, 4.69) is 35.2 Å². The summed E-state index contributed by atoms with van der Waals surface area (Å²) in [4.78, 5) is 4.92. The van der Waals surface area contributed by atoms with E-state index in [4.69, 9.17) is 11.6 Å². The molecule has 3 nitrogen and oxygen atoms in total. The Morgan fingerprint density at radius 3 is 2.74 bits per heavy atom. The molecule has 1 aliphatic rings. The molecule has 1 saturated heterocycles. The van der Waals surface area contributed by atoms with Gasteiger partial charge in [0.1, 0.15) is 0 Å². The summed E-state index contributed by atoms with van der Waals surface area (Å²) in [6.45, 7) is 10.00. The highest BCUT2D eigenvalue weighted by Gasteiger charge is 2.10. The van der Waals surface area contributed by atoms with Gasteiger partial charge in [0.05, 0.1) is 0 Å². The van der Waals surface area contributed by atoms with Gasteiger partial charge < -0.3 is 10.2 Å². The molecule has 19 heavy (non-hydrogen) atoms. The molecule has 1 aromatic carbocycles. The van der Waals surface area contributed by atoms with Crippen LogP contribution in [0, 0.1) is 6.92 Å². The van der Waals surface area contributed by atoms with Crippen LogP contribution in [0.25, 0.3) is 0 Å². The van der Waals surface area contributed by atoms with Crippen molar-refractivity contribution in [2.45, 2.75) is 13.5 Å². The largest absolute Gasteiger partial charge is 0.314 e. The summed E-state index contributed by atoms with van der Waals surface area (Å²) in [6.07, 6.45) is 0. The van der Waals surface area contributed by atoms with E-state index in [9.17, 15) is 0 Å². The maximum atomic E-state index is 5.99. The van der Waals surface area contributed by atoms with Crippen molar-refractivity contribution in [3.8, 4) is 0 Å². The normalized spacial score (nSPS) is 17.1. The molecule has 0 spiro atoms. The van der Waals surface area contributed by atoms with Gasteiger partial charge in [0.2, 0.25) is 0 Å². The second kappa shape index (κ2) is 7.25. The second-order valence-electron chi connectivity index (χ2n) is 5.40. The minimum absolute atomic E-state index is 0.824. The van der Waals surface area contributed by atoms with Crippen LogP contribution >= 0.6 is 11.6 Å². The first-order valence-electron chi connectivity index (χ1n) is 7.02. The number of hydrogen-bond acceptors (Lipinski definition) is 3. The van der Waals surface area contributed by atoms with Gasteiger partial charge in [-0.25, -0.2) is 0 Å². The lowest BCUT2D eigenvalue weighted by Crippen LogP contribution is -2.45. The molecule has 4 heteroatoms. The summed E-state index contributed by atoms with van der Waals surface area (Å²) in [5, 5.41) is 4.21. The number of halogens is 1.